The fourth-order valence-electron chi connectivity index (χ4n) is 5.67. The minimum atomic E-state index is -0.377. The van der Waals surface area contributed by atoms with Gasteiger partial charge in [0.15, 0.2) is 0 Å². The minimum absolute atomic E-state index is 0.110. The average molecular weight is 547 g/mol. The van der Waals surface area contributed by atoms with E-state index in [9.17, 15) is 4.79 Å². The molecule has 4 aromatic rings. The Balaban J connectivity index is 1.68. The number of ketones is 1. The monoisotopic (exact) mass is 546 g/mol. The second-order valence-corrected chi connectivity index (χ2v) is 11.3. The zero-order valence-corrected chi connectivity index (χ0v) is 23.9. The summed E-state index contributed by atoms with van der Waals surface area (Å²) < 4.78 is 0. The summed E-state index contributed by atoms with van der Waals surface area (Å²) in [5, 5.41) is 0.732. The number of fused-ring (bicyclic) bond motifs is 1. The summed E-state index contributed by atoms with van der Waals surface area (Å²) in [5.41, 5.74) is 6.18. The van der Waals surface area contributed by atoms with Crippen molar-refractivity contribution in [3.8, 4) is 0 Å². The first-order chi connectivity index (χ1) is 19.5. The van der Waals surface area contributed by atoms with E-state index in [4.69, 9.17) is 11.6 Å². The summed E-state index contributed by atoms with van der Waals surface area (Å²) >= 11 is 6.69. The van der Waals surface area contributed by atoms with Crippen LogP contribution in [0, 0.1) is 5.92 Å². The molecule has 0 saturated carbocycles. The largest absolute Gasteiger partial charge is 0.344 e. The molecule has 3 nitrogen and oxygen atoms in total. The zero-order chi connectivity index (χ0) is 28.0. The first kappa shape index (κ1) is 27.6. The molecule has 0 N–H and O–H groups in total. The number of anilines is 1. The molecule has 0 atom stereocenters. The van der Waals surface area contributed by atoms with Gasteiger partial charge in [-0.15, -0.1) is 0 Å². The van der Waals surface area contributed by atoms with Gasteiger partial charge in [0.1, 0.15) is 5.69 Å². The van der Waals surface area contributed by atoms with Crippen LogP contribution in [-0.4, -0.2) is 17.3 Å². The Labute approximate surface area is 242 Å². The number of hydrogen-bond donors (Lipinski definition) is 0. The average Bonchev–Trinajstić information content (AvgIpc) is 3.20. The molecular formula is C36H35ClN2O. The maximum absolute atomic E-state index is 12.9. The second kappa shape index (κ2) is 12.5. The highest BCUT2D eigenvalue weighted by Gasteiger charge is 2.47. The highest BCUT2D eigenvalue weighted by molar-refractivity contribution is 6.30. The fraction of sp³-hybridized carbons (Fsp3) is 0.222. The van der Waals surface area contributed by atoms with Gasteiger partial charge in [-0.3, -0.25) is 9.78 Å². The fourth-order valence-corrected chi connectivity index (χ4v) is 5.85. The van der Waals surface area contributed by atoms with E-state index in [0.717, 1.165) is 30.8 Å². The third-order valence-electron chi connectivity index (χ3n) is 7.59. The standard InChI is InChI=1S/C36H35ClN2O/c1-27(2)21-23-39-33-20-19-30(37)24-31(33)36(25-28-12-5-3-6-13-28,26-29-14-7-4-8-15-29)35(39)18-11-17-34(40)32-16-9-10-22-38-32/h3-20,22,24,27H,21,23,25-26H2,1-2H3/b17-11+,35-18-. The highest BCUT2D eigenvalue weighted by atomic mass is 35.5. The van der Waals surface area contributed by atoms with Gasteiger partial charge in [0, 0.05) is 34.6 Å². The van der Waals surface area contributed by atoms with E-state index in [2.05, 4.69) is 103 Å². The first-order valence-corrected chi connectivity index (χ1v) is 14.3. The van der Waals surface area contributed by atoms with Crippen LogP contribution in [0.4, 0.5) is 5.69 Å². The molecule has 1 aromatic heterocycles. The Kier molecular flexibility index (Phi) is 8.62. The maximum Gasteiger partial charge on any atom is 0.204 e. The maximum atomic E-state index is 12.9. The van der Waals surface area contributed by atoms with Gasteiger partial charge in [-0.25, -0.2) is 0 Å². The third-order valence-corrected chi connectivity index (χ3v) is 7.83. The molecule has 0 bridgehead atoms. The van der Waals surface area contributed by atoms with Crippen molar-refractivity contribution in [2.45, 2.75) is 38.5 Å². The van der Waals surface area contributed by atoms with Crippen molar-refractivity contribution in [2.24, 2.45) is 5.92 Å². The molecule has 1 aliphatic heterocycles. The number of halogens is 1. The van der Waals surface area contributed by atoms with Gasteiger partial charge < -0.3 is 4.90 Å². The van der Waals surface area contributed by atoms with Crippen LogP contribution >= 0.6 is 11.6 Å². The molecule has 0 amide bonds. The van der Waals surface area contributed by atoms with Crippen LogP contribution in [0.1, 0.15) is 47.4 Å². The van der Waals surface area contributed by atoms with Crippen LogP contribution in [0.2, 0.25) is 5.02 Å². The van der Waals surface area contributed by atoms with Crippen molar-refractivity contribution >= 4 is 23.1 Å². The van der Waals surface area contributed by atoms with E-state index < -0.39 is 0 Å². The predicted molar refractivity (Wildman–Crippen MR) is 166 cm³/mol. The quantitative estimate of drug-likeness (QED) is 0.147. The Morgan fingerprint density at radius 1 is 0.900 bits per heavy atom. The number of allylic oxidation sites excluding steroid dienone is 4. The number of carbonyl (C=O) groups excluding carboxylic acids is 1. The molecule has 202 valence electrons. The van der Waals surface area contributed by atoms with Gasteiger partial charge in [0.2, 0.25) is 5.78 Å². The van der Waals surface area contributed by atoms with Crippen LogP contribution in [-0.2, 0) is 18.3 Å². The Morgan fingerprint density at radius 3 is 2.15 bits per heavy atom. The summed E-state index contributed by atoms with van der Waals surface area (Å²) in [6.45, 7) is 5.40. The number of rotatable bonds is 10. The number of benzene rings is 3. The summed E-state index contributed by atoms with van der Waals surface area (Å²) in [6.07, 6.45) is 9.97. The molecule has 0 saturated heterocycles. The van der Waals surface area contributed by atoms with E-state index in [0.29, 0.717) is 11.6 Å². The molecule has 5 rings (SSSR count). The second-order valence-electron chi connectivity index (χ2n) is 10.9. The number of nitrogens with zero attached hydrogens (tertiary/aromatic N) is 2. The lowest BCUT2D eigenvalue weighted by atomic mass is 9.70. The van der Waals surface area contributed by atoms with E-state index in [1.807, 2.05) is 24.3 Å². The Morgan fingerprint density at radius 2 is 1.55 bits per heavy atom. The molecule has 0 radical (unpaired) electrons. The lowest BCUT2D eigenvalue weighted by Gasteiger charge is -2.35. The SMILES string of the molecule is CC(C)CCN1/C(=C\C=C\C(=O)c2ccccn2)C(Cc2ccccc2)(Cc2ccccc2)c2cc(Cl)ccc21. The number of pyridine rings is 1. The summed E-state index contributed by atoms with van der Waals surface area (Å²) in [4.78, 5) is 19.6. The molecule has 4 heteroatoms. The Bertz CT molecular complexity index is 1450. The lowest BCUT2D eigenvalue weighted by molar-refractivity contribution is 0.104. The molecule has 0 aliphatic carbocycles. The first-order valence-electron chi connectivity index (χ1n) is 14.0. The van der Waals surface area contributed by atoms with Gasteiger partial charge in [0.05, 0.1) is 0 Å². The van der Waals surface area contributed by atoms with E-state index in [-0.39, 0.29) is 11.2 Å². The van der Waals surface area contributed by atoms with Crippen molar-refractivity contribution in [3.63, 3.8) is 0 Å². The summed E-state index contributed by atoms with van der Waals surface area (Å²) in [7, 11) is 0. The number of hydrogen-bond acceptors (Lipinski definition) is 3. The molecule has 2 heterocycles. The number of carbonyl (C=O) groups is 1. The van der Waals surface area contributed by atoms with E-state index in [1.54, 1.807) is 18.3 Å². The lowest BCUT2D eigenvalue weighted by Crippen LogP contribution is -2.36. The molecule has 0 spiro atoms. The molecule has 3 aromatic carbocycles. The highest BCUT2D eigenvalue weighted by Crippen LogP contribution is 2.52. The van der Waals surface area contributed by atoms with E-state index in [1.165, 1.54) is 28.1 Å². The third kappa shape index (κ3) is 6.11. The van der Waals surface area contributed by atoms with Crippen molar-refractivity contribution in [1.82, 2.24) is 4.98 Å². The normalized spacial score (nSPS) is 15.2. The summed E-state index contributed by atoms with van der Waals surface area (Å²) in [5.74, 6) is 0.443. The topological polar surface area (TPSA) is 33.2 Å². The zero-order valence-electron chi connectivity index (χ0n) is 23.1. The number of aromatic nitrogens is 1. The van der Waals surface area contributed by atoms with Crippen molar-refractivity contribution in [3.05, 3.63) is 155 Å². The van der Waals surface area contributed by atoms with Crippen LogP contribution in [0.15, 0.2) is 127 Å². The molecule has 1 aliphatic rings. The smallest absolute Gasteiger partial charge is 0.204 e. The van der Waals surface area contributed by atoms with Crippen LogP contribution in [0.5, 0.6) is 0 Å². The van der Waals surface area contributed by atoms with Crippen LogP contribution in [0.25, 0.3) is 0 Å². The molecule has 0 unspecified atom stereocenters. The summed E-state index contributed by atoms with van der Waals surface area (Å²) in [6, 6.07) is 33.0. The van der Waals surface area contributed by atoms with Gasteiger partial charge in [-0.1, -0.05) is 98.3 Å². The van der Waals surface area contributed by atoms with Crippen LogP contribution < -0.4 is 4.90 Å². The van der Waals surface area contributed by atoms with Crippen molar-refractivity contribution in [1.29, 1.82) is 0 Å². The Hall–Kier alpha value is -3.95. The van der Waals surface area contributed by atoms with Gasteiger partial charge in [0.25, 0.3) is 0 Å². The molecule has 40 heavy (non-hydrogen) atoms. The molecular weight excluding hydrogens is 512 g/mol. The van der Waals surface area contributed by atoms with Crippen LogP contribution in [0.3, 0.4) is 0 Å². The van der Waals surface area contributed by atoms with Gasteiger partial charge in [-0.2, -0.15) is 0 Å². The van der Waals surface area contributed by atoms with E-state index >= 15 is 0 Å². The predicted octanol–water partition coefficient (Wildman–Crippen LogP) is 8.65. The van der Waals surface area contributed by atoms with Crippen molar-refractivity contribution < 1.29 is 4.79 Å². The minimum Gasteiger partial charge on any atom is -0.344 e. The van der Waals surface area contributed by atoms with Gasteiger partial charge in [-0.05, 0) is 84.4 Å². The van der Waals surface area contributed by atoms with Crippen molar-refractivity contribution in [2.75, 3.05) is 11.4 Å². The molecule has 0 fully saturated rings. The van der Waals surface area contributed by atoms with Gasteiger partial charge >= 0.3 is 0 Å².